The third-order valence-corrected chi connectivity index (χ3v) is 4.41. The molecule has 7 heteroatoms. The molecule has 0 fully saturated rings. The van der Waals surface area contributed by atoms with Crippen molar-refractivity contribution in [3.8, 4) is 0 Å². The summed E-state index contributed by atoms with van der Waals surface area (Å²) in [5, 5.41) is 2.60. The summed E-state index contributed by atoms with van der Waals surface area (Å²) in [6, 6.07) is 3.83. The standard InChI is InChI=1S/C11H8BrClN4S/c12-6-1-8(18-5-6)4-17-10-9(16-11(17)14)2-7(13)3-15-10/h1-3,5H,4H2,(H2,14,16). The molecule has 0 aliphatic heterocycles. The van der Waals surface area contributed by atoms with Crippen LogP contribution in [0.25, 0.3) is 11.2 Å². The quantitative estimate of drug-likeness (QED) is 0.774. The Hall–Kier alpha value is -1.11. The molecule has 0 aliphatic rings. The van der Waals surface area contributed by atoms with Crippen molar-refractivity contribution in [1.29, 1.82) is 0 Å². The van der Waals surface area contributed by atoms with Crippen molar-refractivity contribution in [3.05, 3.63) is 38.1 Å². The van der Waals surface area contributed by atoms with E-state index >= 15 is 0 Å². The minimum Gasteiger partial charge on any atom is -0.369 e. The Kier molecular flexibility index (Phi) is 3.01. The molecule has 3 aromatic rings. The van der Waals surface area contributed by atoms with E-state index in [0.29, 0.717) is 17.5 Å². The first-order valence-corrected chi connectivity index (χ1v) is 7.19. The van der Waals surface area contributed by atoms with Crippen LogP contribution < -0.4 is 5.73 Å². The van der Waals surface area contributed by atoms with E-state index in [4.69, 9.17) is 17.3 Å². The fourth-order valence-electron chi connectivity index (χ4n) is 1.75. The van der Waals surface area contributed by atoms with Gasteiger partial charge in [0.05, 0.1) is 11.6 Å². The molecule has 92 valence electrons. The van der Waals surface area contributed by atoms with Gasteiger partial charge in [-0.25, -0.2) is 9.97 Å². The summed E-state index contributed by atoms with van der Waals surface area (Å²) in [6.45, 7) is 0.660. The Bertz CT molecular complexity index is 721. The molecule has 0 radical (unpaired) electrons. The van der Waals surface area contributed by atoms with Gasteiger partial charge in [0, 0.05) is 20.9 Å². The van der Waals surface area contributed by atoms with E-state index in [1.54, 1.807) is 23.6 Å². The minimum absolute atomic E-state index is 0.448. The van der Waals surface area contributed by atoms with Gasteiger partial charge in [0.2, 0.25) is 5.95 Å². The maximum Gasteiger partial charge on any atom is 0.202 e. The second-order valence-electron chi connectivity index (χ2n) is 3.78. The highest BCUT2D eigenvalue weighted by Gasteiger charge is 2.11. The summed E-state index contributed by atoms with van der Waals surface area (Å²) in [6.07, 6.45) is 1.60. The largest absolute Gasteiger partial charge is 0.369 e. The van der Waals surface area contributed by atoms with Gasteiger partial charge in [0.25, 0.3) is 0 Å². The molecule has 0 aliphatic carbocycles. The van der Waals surface area contributed by atoms with E-state index < -0.39 is 0 Å². The maximum absolute atomic E-state index is 5.92. The predicted molar refractivity (Wildman–Crippen MR) is 78.1 cm³/mol. The van der Waals surface area contributed by atoms with Gasteiger partial charge >= 0.3 is 0 Å². The molecular formula is C11H8BrClN4S. The minimum atomic E-state index is 0.448. The van der Waals surface area contributed by atoms with Crippen LogP contribution in [-0.2, 0) is 6.54 Å². The molecule has 3 heterocycles. The van der Waals surface area contributed by atoms with Gasteiger partial charge in [-0.2, -0.15) is 0 Å². The topological polar surface area (TPSA) is 56.7 Å². The monoisotopic (exact) mass is 342 g/mol. The number of rotatable bonds is 2. The summed E-state index contributed by atoms with van der Waals surface area (Å²) in [4.78, 5) is 9.73. The third-order valence-electron chi connectivity index (χ3n) is 2.52. The van der Waals surface area contributed by atoms with E-state index in [1.165, 1.54) is 4.88 Å². The highest BCUT2D eigenvalue weighted by atomic mass is 79.9. The Morgan fingerprint density at radius 1 is 1.44 bits per heavy atom. The van der Waals surface area contributed by atoms with Gasteiger partial charge in [-0.05, 0) is 28.1 Å². The van der Waals surface area contributed by atoms with Crippen LogP contribution in [0.3, 0.4) is 0 Å². The first kappa shape index (κ1) is 12.0. The average molecular weight is 344 g/mol. The van der Waals surface area contributed by atoms with Crippen molar-refractivity contribution in [3.63, 3.8) is 0 Å². The SMILES string of the molecule is Nc1nc2cc(Cl)cnc2n1Cc1cc(Br)cs1. The van der Waals surface area contributed by atoms with Gasteiger partial charge in [-0.15, -0.1) is 11.3 Å². The number of hydrogen-bond acceptors (Lipinski definition) is 4. The smallest absolute Gasteiger partial charge is 0.202 e. The van der Waals surface area contributed by atoms with Gasteiger partial charge in [0.1, 0.15) is 5.52 Å². The molecule has 2 N–H and O–H groups in total. The fraction of sp³-hybridized carbons (Fsp3) is 0.0909. The van der Waals surface area contributed by atoms with E-state index in [-0.39, 0.29) is 0 Å². The van der Waals surface area contributed by atoms with Crippen LogP contribution in [0.15, 0.2) is 28.2 Å². The second-order valence-corrected chi connectivity index (χ2v) is 6.13. The number of thiophene rings is 1. The van der Waals surface area contributed by atoms with Crippen LogP contribution >= 0.6 is 38.9 Å². The normalized spacial score (nSPS) is 11.2. The number of nitrogens with two attached hydrogens (primary N) is 1. The van der Waals surface area contributed by atoms with Crippen molar-refractivity contribution in [2.45, 2.75) is 6.54 Å². The van der Waals surface area contributed by atoms with Crippen molar-refractivity contribution < 1.29 is 0 Å². The zero-order chi connectivity index (χ0) is 12.7. The lowest BCUT2D eigenvalue weighted by Gasteiger charge is -2.03. The highest BCUT2D eigenvalue weighted by Crippen LogP contribution is 2.24. The molecule has 0 unspecified atom stereocenters. The average Bonchev–Trinajstić information content (AvgIpc) is 2.84. The van der Waals surface area contributed by atoms with Crippen LogP contribution in [0.1, 0.15) is 4.88 Å². The lowest BCUT2D eigenvalue weighted by Crippen LogP contribution is -2.04. The molecule has 0 bridgehead atoms. The summed E-state index contributed by atoms with van der Waals surface area (Å²) >= 11 is 11.0. The lowest BCUT2D eigenvalue weighted by atomic mass is 10.4. The van der Waals surface area contributed by atoms with Crippen molar-refractivity contribution in [1.82, 2.24) is 14.5 Å². The number of nitrogen functional groups attached to an aromatic ring is 1. The summed E-state index contributed by atoms with van der Waals surface area (Å²) in [5.41, 5.74) is 7.39. The molecule has 0 spiro atoms. The number of hydrogen-bond donors (Lipinski definition) is 1. The Balaban J connectivity index is 2.08. The third kappa shape index (κ3) is 2.11. The Labute approximate surface area is 121 Å². The summed E-state index contributed by atoms with van der Waals surface area (Å²) < 4.78 is 2.95. The molecule has 0 atom stereocenters. The first-order chi connectivity index (χ1) is 8.63. The number of imidazole rings is 1. The van der Waals surface area contributed by atoms with E-state index in [2.05, 4.69) is 32.0 Å². The molecular weight excluding hydrogens is 336 g/mol. The molecule has 4 nitrogen and oxygen atoms in total. The van der Waals surface area contributed by atoms with E-state index in [9.17, 15) is 0 Å². The van der Waals surface area contributed by atoms with Crippen LogP contribution in [0.5, 0.6) is 0 Å². The van der Waals surface area contributed by atoms with E-state index in [0.717, 1.165) is 15.6 Å². The Morgan fingerprint density at radius 2 is 2.28 bits per heavy atom. The van der Waals surface area contributed by atoms with Crippen LogP contribution in [0.4, 0.5) is 5.95 Å². The number of fused-ring (bicyclic) bond motifs is 1. The zero-order valence-corrected chi connectivity index (χ0v) is 12.3. The highest BCUT2D eigenvalue weighted by molar-refractivity contribution is 9.10. The van der Waals surface area contributed by atoms with Gasteiger partial charge in [-0.3, -0.25) is 4.57 Å². The van der Waals surface area contributed by atoms with Gasteiger partial charge in [-0.1, -0.05) is 11.6 Å². The summed E-state index contributed by atoms with van der Waals surface area (Å²) in [7, 11) is 0. The number of pyridine rings is 1. The van der Waals surface area contributed by atoms with E-state index in [1.807, 2.05) is 9.95 Å². The van der Waals surface area contributed by atoms with Gasteiger partial charge < -0.3 is 5.73 Å². The van der Waals surface area contributed by atoms with Crippen molar-refractivity contribution >= 4 is 56.0 Å². The first-order valence-electron chi connectivity index (χ1n) is 5.13. The van der Waals surface area contributed by atoms with Crippen LogP contribution in [-0.4, -0.2) is 14.5 Å². The number of nitrogens with zero attached hydrogens (tertiary/aromatic N) is 3. The molecule has 3 aromatic heterocycles. The molecule has 3 rings (SSSR count). The van der Waals surface area contributed by atoms with Crippen LogP contribution in [0, 0.1) is 0 Å². The number of halogens is 2. The fourth-order valence-corrected chi connectivity index (χ4v) is 3.34. The second kappa shape index (κ2) is 4.53. The zero-order valence-electron chi connectivity index (χ0n) is 9.10. The molecule has 0 saturated carbocycles. The number of anilines is 1. The molecule has 0 aromatic carbocycles. The van der Waals surface area contributed by atoms with Crippen molar-refractivity contribution in [2.24, 2.45) is 0 Å². The number of aromatic nitrogens is 3. The molecule has 0 amide bonds. The Morgan fingerprint density at radius 3 is 3.00 bits per heavy atom. The molecule has 18 heavy (non-hydrogen) atoms. The summed E-state index contributed by atoms with van der Waals surface area (Å²) in [5.74, 6) is 0.448. The van der Waals surface area contributed by atoms with Gasteiger partial charge in [0.15, 0.2) is 5.65 Å². The van der Waals surface area contributed by atoms with Crippen LogP contribution in [0.2, 0.25) is 5.02 Å². The maximum atomic E-state index is 5.92. The molecule has 0 saturated heterocycles. The van der Waals surface area contributed by atoms with Crippen molar-refractivity contribution in [2.75, 3.05) is 5.73 Å². The lowest BCUT2D eigenvalue weighted by molar-refractivity contribution is 0.841. The predicted octanol–water partition coefficient (Wildman–Crippen LogP) is 3.54.